The summed E-state index contributed by atoms with van der Waals surface area (Å²) in [6, 6.07) is 7.84. The molecule has 146 valence electrons. The SMILES string of the molecule is COc1ccccc1N1CCCC(NS(=O)(=O)N2CC(C)CC(C)C2)C1. The van der Waals surface area contributed by atoms with Gasteiger partial charge < -0.3 is 9.64 Å². The van der Waals surface area contributed by atoms with Crippen LogP contribution in [0.25, 0.3) is 0 Å². The Hall–Kier alpha value is -1.31. The van der Waals surface area contributed by atoms with Gasteiger partial charge in [0.05, 0.1) is 12.8 Å². The Bertz CT molecular complexity index is 700. The van der Waals surface area contributed by atoms with E-state index in [0.717, 1.165) is 37.2 Å². The Labute approximate surface area is 157 Å². The van der Waals surface area contributed by atoms with Gasteiger partial charge in [-0.1, -0.05) is 26.0 Å². The second kappa shape index (κ2) is 8.15. The van der Waals surface area contributed by atoms with Gasteiger partial charge in [0.25, 0.3) is 10.2 Å². The molecule has 3 unspecified atom stereocenters. The standard InChI is InChI=1S/C19H31N3O3S/c1-15-11-16(2)13-22(12-15)26(23,24)20-17-7-6-10-21(14-17)18-8-4-5-9-19(18)25-3/h4-5,8-9,15-17,20H,6-7,10-14H2,1-3H3. The minimum atomic E-state index is -3.44. The molecule has 2 heterocycles. The van der Waals surface area contributed by atoms with E-state index in [-0.39, 0.29) is 6.04 Å². The van der Waals surface area contributed by atoms with Gasteiger partial charge >= 0.3 is 0 Å². The molecule has 0 aliphatic carbocycles. The summed E-state index contributed by atoms with van der Waals surface area (Å²) in [5.74, 6) is 1.65. The van der Waals surface area contributed by atoms with E-state index in [9.17, 15) is 8.42 Å². The fourth-order valence-corrected chi connectivity index (χ4v) is 5.93. The normalized spacial score (nSPS) is 28.1. The largest absolute Gasteiger partial charge is 0.495 e. The Morgan fingerprint density at radius 2 is 1.81 bits per heavy atom. The van der Waals surface area contributed by atoms with Crippen LogP contribution in [0.3, 0.4) is 0 Å². The van der Waals surface area contributed by atoms with E-state index in [0.29, 0.717) is 31.5 Å². The van der Waals surface area contributed by atoms with Crippen LogP contribution in [0.2, 0.25) is 0 Å². The van der Waals surface area contributed by atoms with Gasteiger partial charge in [-0.3, -0.25) is 0 Å². The Morgan fingerprint density at radius 1 is 1.12 bits per heavy atom. The third-order valence-corrected chi connectivity index (χ3v) is 6.95. The molecule has 2 saturated heterocycles. The number of anilines is 1. The van der Waals surface area contributed by atoms with Crippen molar-refractivity contribution in [3.05, 3.63) is 24.3 Å². The zero-order valence-corrected chi connectivity index (χ0v) is 16.8. The molecule has 0 radical (unpaired) electrons. The van der Waals surface area contributed by atoms with Crippen molar-refractivity contribution in [3.8, 4) is 5.75 Å². The summed E-state index contributed by atoms with van der Waals surface area (Å²) < 4.78 is 35.8. The number of piperidine rings is 2. The van der Waals surface area contributed by atoms with Crippen LogP contribution in [0.4, 0.5) is 5.69 Å². The smallest absolute Gasteiger partial charge is 0.279 e. The molecule has 1 aromatic carbocycles. The molecule has 0 saturated carbocycles. The first-order valence-corrected chi connectivity index (χ1v) is 11.0. The molecule has 26 heavy (non-hydrogen) atoms. The van der Waals surface area contributed by atoms with Crippen LogP contribution in [0.15, 0.2) is 24.3 Å². The van der Waals surface area contributed by atoms with Crippen molar-refractivity contribution in [2.24, 2.45) is 11.8 Å². The molecule has 0 amide bonds. The monoisotopic (exact) mass is 381 g/mol. The molecule has 2 aliphatic rings. The number of hydrogen-bond acceptors (Lipinski definition) is 4. The maximum atomic E-state index is 12.9. The number of nitrogens with one attached hydrogen (secondary N) is 1. The summed E-state index contributed by atoms with van der Waals surface area (Å²) in [4.78, 5) is 2.22. The van der Waals surface area contributed by atoms with Crippen molar-refractivity contribution in [2.75, 3.05) is 38.2 Å². The van der Waals surface area contributed by atoms with Gasteiger partial charge in [-0.05, 0) is 43.2 Å². The molecule has 1 N–H and O–H groups in total. The van der Waals surface area contributed by atoms with Gasteiger partial charge in [0.15, 0.2) is 0 Å². The Balaban J connectivity index is 1.68. The third kappa shape index (κ3) is 4.50. The van der Waals surface area contributed by atoms with E-state index in [4.69, 9.17) is 4.74 Å². The molecule has 6 nitrogen and oxygen atoms in total. The fraction of sp³-hybridized carbons (Fsp3) is 0.684. The molecule has 0 spiro atoms. The second-order valence-electron chi connectivity index (χ2n) is 7.84. The summed E-state index contributed by atoms with van der Waals surface area (Å²) in [5.41, 5.74) is 1.03. The number of methoxy groups -OCH3 is 1. The van der Waals surface area contributed by atoms with E-state index in [1.54, 1.807) is 11.4 Å². The maximum Gasteiger partial charge on any atom is 0.279 e. The zero-order chi connectivity index (χ0) is 18.7. The van der Waals surface area contributed by atoms with Crippen molar-refractivity contribution in [2.45, 2.75) is 39.2 Å². The van der Waals surface area contributed by atoms with Crippen molar-refractivity contribution in [3.63, 3.8) is 0 Å². The van der Waals surface area contributed by atoms with Crippen LogP contribution in [0.1, 0.15) is 33.1 Å². The first-order chi connectivity index (χ1) is 12.4. The number of hydrogen-bond donors (Lipinski definition) is 1. The molecule has 0 aromatic heterocycles. The Morgan fingerprint density at radius 3 is 2.50 bits per heavy atom. The van der Waals surface area contributed by atoms with Crippen LogP contribution < -0.4 is 14.4 Å². The number of ether oxygens (including phenoxy) is 1. The van der Waals surface area contributed by atoms with Crippen LogP contribution in [-0.4, -0.2) is 52.1 Å². The quantitative estimate of drug-likeness (QED) is 0.851. The molecular formula is C19H31N3O3S. The summed E-state index contributed by atoms with van der Waals surface area (Å²) in [6.45, 7) is 7.06. The van der Waals surface area contributed by atoms with E-state index in [2.05, 4.69) is 23.5 Å². The van der Waals surface area contributed by atoms with Crippen LogP contribution >= 0.6 is 0 Å². The number of para-hydroxylation sites is 2. The second-order valence-corrected chi connectivity index (χ2v) is 9.55. The number of benzene rings is 1. The predicted molar refractivity (Wildman–Crippen MR) is 105 cm³/mol. The summed E-state index contributed by atoms with van der Waals surface area (Å²) in [7, 11) is -1.78. The first kappa shape index (κ1) is 19.5. The molecule has 2 fully saturated rings. The predicted octanol–water partition coefficient (Wildman–Crippen LogP) is 2.48. The van der Waals surface area contributed by atoms with E-state index in [1.807, 2.05) is 24.3 Å². The lowest BCUT2D eigenvalue weighted by molar-refractivity contribution is 0.219. The molecule has 3 rings (SSSR count). The maximum absolute atomic E-state index is 12.9. The van der Waals surface area contributed by atoms with Crippen LogP contribution in [-0.2, 0) is 10.2 Å². The summed E-state index contributed by atoms with van der Waals surface area (Å²) in [6.07, 6.45) is 2.92. The van der Waals surface area contributed by atoms with E-state index in [1.165, 1.54) is 0 Å². The van der Waals surface area contributed by atoms with Gasteiger partial charge in [0.1, 0.15) is 5.75 Å². The van der Waals surface area contributed by atoms with Crippen molar-refractivity contribution in [1.82, 2.24) is 9.03 Å². The van der Waals surface area contributed by atoms with Crippen LogP contribution in [0, 0.1) is 11.8 Å². The average molecular weight is 382 g/mol. The minimum absolute atomic E-state index is 0.0776. The molecule has 7 heteroatoms. The third-order valence-electron chi connectivity index (χ3n) is 5.34. The highest BCUT2D eigenvalue weighted by atomic mass is 32.2. The highest BCUT2D eigenvalue weighted by Crippen LogP contribution is 2.30. The van der Waals surface area contributed by atoms with Gasteiger partial charge in [0, 0.05) is 32.2 Å². The summed E-state index contributed by atoms with van der Waals surface area (Å²) in [5, 5.41) is 0. The zero-order valence-electron chi connectivity index (χ0n) is 16.0. The highest BCUT2D eigenvalue weighted by molar-refractivity contribution is 7.87. The van der Waals surface area contributed by atoms with Crippen molar-refractivity contribution >= 4 is 15.9 Å². The van der Waals surface area contributed by atoms with Gasteiger partial charge in [-0.2, -0.15) is 17.4 Å². The lowest BCUT2D eigenvalue weighted by Crippen LogP contribution is -2.54. The van der Waals surface area contributed by atoms with Gasteiger partial charge in [-0.25, -0.2) is 0 Å². The van der Waals surface area contributed by atoms with Gasteiger partial charge in [0.2, 0.25) is 0 Å². The Kier molecular flexibility index (Phi) is 6.10. The lowest BCUT2D eigenvalue weighted by atomic mass is 9.94. The highest BCUT2D eigenvalue weighted by Gasteiger charge is 2.33. The number of nitrogens with zero attached hydrogens (tertiary/aromatic N) is 2. The molecule has 0 bridgehead atoms. The fourth-order valence-electron chi connectivity index (χ4n) is 4.27. The van der Waals surface area contributed by atoms with E-state index < -0.39 is 10.2 Å². The lowest BCUT2D eigenvalue weighted by Gasteiger charge is -2.38. The molecule has 2 aliphatic heterocycles. The average Bonchev–Trinajstić information content (AvgIpc) is 2.60. The number of rotatable bonds is 5. The minimum Gasteiger partial charge on any atom is -0.495 e. The molecule has 3 atom stereocenters. The summed E-state index contributed by atoms with van der Waals surface area (Å²) >= 11 is 0. The van der Waals surface area contributed by atoms with Crippen LogP contribution in [0.5, 0.6) is 5.75 Å². The first-order valence-electron chi connectivity index (χ1n) is 9.54. The van der Waals surface area contributed by atoms with E-state index >= 15 is 0 Å². The van der Waals surface area contributed by atoms with Crippen molar-refractivity contribution in [1.29, 1.82) is 0 Å². The van der Waals surface area contributed by atoms with Crippen molar-refractivity contribution < 1.29 is 13.2 Å². The molecular weight excluding hydrogens is 350 g/mol. The van der Waals surface area contributed by atoms with Gasteiger partial charge in [-0.15, -0.1) is 0 Å². The molecule has 1 aromatic rings. The topological polar surface area (TPSA) is 61.9 Å².